The Hall–Kier alpha value is -2.33. The normalized spacial score (nSPS) is 10.2. The van der Waals surface area contributed by atoms with Crippen molar-refractivity contribution >= 4 is 17.3 Å². The van der Waals surface area contributed by atoms with Crippen LogP contribution >= 0.6 is 0 Å². The van der Waals surface area contributed by atoms with Crippen LogP contribution in [0.2, 0.25) is 0 Å². The van der Waals surface area contributed by atoms with Gasteiger partial charge in [0.1, 0.15) is 0 Å². The van der Waals surface area contributed by atoms with Gasteiger partial charge in [0, 0.05) is 5.69 Å². The van der Waals surface area contributed by atoms with E-state index < -0.39 is 0 Å². The van der Waals surface area contributed by atoms with Gasteiger partial charge in [0.25, 0.3) is 5.91 Å². The minimum absolute atomic E-state index is 0.164. The number of nitrogens with one attached hydrogen (secondary N) is 2. The summed E-state index contributed by atoms with van der Waals surface area (Å²) in [6.07, 6.45) is 0.869. The molecule has 0 fully saturated rings. The first-order valence-electron chi connectivity index (χ1n) is 6.62. The number of benzene rings is 2. The molecule has 2 rings (SSSR count). The summed E-state index contributed by atoms with van der Waals surface area (Å²) in [5.74, 6) is 5.27. The monoisotopic (exact) mass is 269 g/mol. The van der Waals surface area contributed by atoms with Crippen molar-refractivity contribution < 1.29 is 4.79 Å². The fraction of sp³-hybridized carbons (Fsp3) is 0.188. The number of hydrazine groups is 1. The molecule has 4 nitrogen and oxygen atoms in total. The average molecular weight is 269 g/mol. The third-order valence-electron chi connectivity index (χ3n) is 3.31. The number of aryl methyl sites for hydroxylation is 2. The Bertz CT molecular complexity index is 623. The number of amides is 1. The highest BCUT2D eigenvalue weighted by Gasteiger charge is 2.13. The molecule has 0 aliphatic rings. The smallest absolute Gasteiger partial charge is 0.257 e. The predicted octanol–water partition coefficient (Wildman–Crippen LogP) is 3.10. The van der Waals surface area contributed by atoms with Crippen LogP contribution < -0.4 is 16.6 Å². The van der Waals surface area contributed by atoms with E-state index in [1.54, 1.807) is 12.1 Å². The fourth-order valence-corrected chi connectivity index (χ4v) is 2.19. The lowest BCUT2D eigenvalue weighted by atomic mass is 10.0. The van der Waals surface area contributed by atoms with Gasteiger partial charge in [0.05, 0.1) is 11.3 Å². The summed E-state index contributed by atoms with van der Waals surface area (Å²) in [5.41, 5.74) is 6.74. The SMILES string of the molecule is CCc1cccc(C)c1NC(=O)c1ccccc1NN. The van der Waals surface area contributed by atoms with Crippen molar-refractivity contribution in [3.8, 4) is 0 Å². The van der Waals surface area contributed by atoms with Crippen molar-refractivity contribution in [2.24, 2.45) is 5.84 Å². The van der Waals surface area contributed by atoms with E-state index in [1.807, 2.05) is 37.3 Å². The molecule has 0 radical (unpaired) electrons. The van der Waals surface area contributed by atoms with E-state index in [9.17, 15) is 4.79 Å². The average Bonchev–Trinajstić information content (AvgIpc) is 2.49. The lowest BCUT2D eigenvalue weighted by molar-refractivity contribution is 0.102. The van der Waals surface area contributed by atoms with Crippen molar-refractivity contribution in [3.63, 3.8) is 0 Å². The summed E-state index contributed by atoms with van der Waals surface area (Å²) in [4.78, 5) is 12.4. The number of nitrogens with two attached hydrogens (primary N) is 1. The number of carbonyl (C=O) groups is 1. The zero-order valence-corrected chi connectivity index (χ0v) is 11.7. The van der Waals surface area contributed by atoms with Gasteiger partial charge in [-0.15, -0.1) is 0 Å². The molecule has 0 atom stereocenters. The Labute approximate surface area is 119 Å². The number of rotatable bonds is 4. The molecule has 2 aromatic carbocycles. The van der Waals surface area contributed by atoms with Crippen LogP contribution in [0.5, 0.6) is 0 Å². The maximum atomic E-state index is 12.4. The van der Waals surface area contributed by atoms with Gasteiger partial charge in [-0.2, -0.15) is 0 Å². The molecule has 0 aliphatic carbocycles. The number of para-hydroxylation sites is 2. The van der Waals surface area contributed by atoms with E-state index in [-0.39, 0.29) is 5.91 Å². The van der Waals surface area contributed by atoms with Crippen LogP contribution in [0.25, 0.3) is 0 Å². The molecule has 1 amide bonds. The lowest BCUT2D eigenvalue weighted by Crippen LogP contribution is -2.18. The number of nitrogen functional groups attached to an aromatic ring is 1. The molecule has 0 saturated heterocycles. The molecule has 104 valence electrons. The minimum Gasteiger partial charge on any atom is -0.323 e. The van der Waals surface area contributed by atoms with Crippen molar-refractivity contribution in [1.29, 1.82) is 0 Å². The lowest BCUT2D eigenvalue weighted by Gasteiger charge is -2.14. The maximum absolute atomic E-state index is 12.4. The van der Waals surface area contributed by atoms with Crippen molar-refractivity contribution in [1.82, 2.24) is 0 Å². The summed E-state index contributed by atoms with van der Waals surface area (Å²) in [6, 6.07) is 13.2. The fourth-order valence-electron chi connectivity index (χ4n) is 2.19. The van der Waals surface area contributed by atoms with Gasteiger partial charge in [-0.25, -0.2) is 0 Å². The van der Waals surface area contributed by atoms with Crippen LogP contribution in [0.1, 0.15) is 28.4 Å². The number of anilines is 2. The Balaban J connectivity index is 2.33. The van der Waals surface area contributed by atoms with E-state index >= 15 is 0 Å². The third kappa shape index (κ3) is 2.81. The Kier molecular flexibility index (Phi) is 4.38. The topological polar surface area (TPSA) is 67.2 Å². The second kappa shape index (κ2) is 6.21. The highest BCUT2D eigenvalue weighted by atomic mass is 16.1. The Morgan fingerprint density at radius 1 is 1.15 bits per heavy atom. The number of hydrogen-bond acceptors (Lipinski definition) is 3. The highest BCUT2D eigenvalue weighted by molar-refractivity contribution is 6.08. The third-order valence-corrected chi connectivity index (χ3v) is 3.31. The quantitative estimate of drug-likeness (QED) is 0.590. The highest BCUT2D eigenvalue weighted by Crippen LogP contribution is 2.23. The molecule has 0 unspecified atom stereocenters. The Morgan fingerprint density at radius 2 is 1.90 bits per heavy atom. The van der Waals surface area contributed by atoms with E-state index in [0.717, 1.165) is 23.2 Å². The van der Waals surface area contributed by atoms with Gasteiger partial charge in [-0.1, -0.05) is 37.3 Å². The predicted molar refractivity (Wildman–Crippen MR) is 82.8 cm³/mol. The van der Waals surface area contributed by atoms with Gasteiger partial charge in [0.2, 0.25) is 0 Å². The van der Waals surface area contributed by atoms with Gasteiger partial charge in [-0.05, 0) is 36.6 Å². The van der Waals surface area contributed by atoms with E-state index in [0.29, 0.717) is 11.3 Å². The van der Waals surface area contributed by atoms with Gasteiger partial charge in [0.15, 0.2) is 0 Å². The summed E-state index contributed by atoms with van der Waals surface area (Å²) < 4.78 is 0. The standard InChI is InChI=1S/C16H19N3O/c1-3-12-8-6-7-11(2)15(12)18-16(20)13-9-4-5-10-14(13)19-17/h4-10,19H,3,17H2,1-2H3,(H,18,20). The van der Waals surface area contributed by atoms with Crippen LogP contribution in [0.15, 0.2) is 42.5 Å². The van der Waals surface area contributed by atoms with Crippen LogP contribution in [0.4, 0.5) is 11.4 Å². The van der Waals surface area contributed by atoms with Gasteiger partial charge >= 0.3 is 0 Å². The molecule has 0 aliphatic heterocycles. The number of carbonyl (C=O) groups excluding carboxylic acids is 1. The number of hydrogen-bond donors (Lipinski definition) is 3. The summed E-state index contributed by atoms with van der Waals surface area (Å²) in [5, 5.41) is 2.99. The molecule has 0 bridgehead atoms. The van der Waals surface area contributed by atoms with Gasteiger partial charge in [-0.3, -0.25) is 10.6 Å². The largest absolute Gasteiger partial charge is 0.323 e. The molecular weight excluding hydrogens is 250 g/mol. The molecule has 0 aromatic heterocycles. The molecule has 4 N–H and O–H groups in total. The van der Waals surface area contributed by atoms with E-state index in [4.69, 9.17) is 5.84 Å². The van der Waals surface area contributed by atoms with Crippen molar-refractivity contribution in [2.45, 2.75) is 20.3 Å². The maximum Gasteiger partial charge on any atom is 0.257 e. The zero-order chi connectivity index (χ0) is 14.5. The Morgan fingerprint density at radius 3 is 2.60 bits per heavy atom. The molecular formula is C16H19N3O. The molecule has 0 spiro atoms. The molecule has 0 saturated carbocycles. The molecule has 0 heterocycles. The molecule has 2 aromatic rings. The first-order chi connectivity index (χ1) is 9.67. The van der Waals surface area contributed by atoms with Crippen LogP contribution in [0, 0.1) is 6.92 Å². The molecule has 20 heavy (non-hydrogen) atoms. The molecule has 4 heteroatoms. The van der Waals surface area contributed by atoms with Crippen LogP contribution in [0.3, 0.4) is 0 Å². The second-order valence-electron chi connectivity index (χ2n) is 4.61. The zero-order valence-electron chi connectivity index (χ0n) is 11.7. The van der Waals surface area contributed by atoms with Crippen molar-refractivity contribution in [3.05, 3.63) is 59.2 Å². The van der Waals surface area contributed by atoms with Crippen LogP contribution in [-0.2, 0) is 6.42 Å². The first kappa shape index (κ1) is 14.1. The second-order valence-corrected chi connectivity index (χ2v) is 4.61. The van der Waals surface area contributed by atoms with Crippen molar-refractivity contribution in [2.75, 3.05) is 10.7 Å². The summed E-state index contributed by atoms with van der Waals surface area (Å²) in [6.45, 7) is 4.06. The van der Waals surface area contributed by atoms with Gasteiger partial charge < -0.3 is 10.7 Å². The minimum atomic E-state index is -0.164. The summed E-state index contributed by atoms with van der Waals surface area (Å²) >= 11 is 0. The van der Waals surface area contributed by atoms with E-state index in [1.165, 1.54) is 0 Å². The van der Waals surface area contributed by atoms with Crippen LogP contribution in [-0.4, -0.2) is 5.91 Å². The first-order valence-corrected chi connectivity index (χ1v) is 6.62. The van der Waals surface area contributed by atoms with E-state index in [2.05, 4.69) is 17.7 Å². The summed E-state index contributed by atoms with van der Waals surface area (Å²) in [7, 11) is 0.